The molecule has 6 heteroatoms. The zero-order valence-corrected chi connectivity index (χ0v) is 9.63. The monoisotopic (exact) mass is 254 g/mol. The summed E-state index contributed by atoms with van der Waals surface area (Å²) in [5, 5.41) is 4.08. The highest BCUT2D eigenvalue weighted by atomic mass is 35.5. The molecule has 0 saturated carbocycles. The van der Waals surface area contributed by atoms with Crippen molar-refractivity contribution < 1.29 is 0 Å². The van der Waals surface area contributed by atoms with Crippen molar-refractivity contribution in [2.75, 3.05) is 11.1 Å². The molecule has 0 radical (unpaired) electrons. The van der Waals surface area contributed by atoms with Crippen LogP contribution in [0, 0.1) is 0 Å². The predicted molar refractivity (Wildman–Crippen MR) is 66.2 cm³/mol. The second-order valence-corrected chi connectivity index (χ2v) is 3.92. The lowest BCUT2D eigenvalue weighted by molar-refractivity contribution is 1.21. The Balaban J connectivity index is 2.27. The Bertz CT molecular complexity index is 516. The number of benzene rings is 1. The van der Waals surface area contributed by atoms with E-state index >= 15 is 0 Å². The van der Waals surface area contributed by atoms with Crippen LogP contribution in [0.25, 0.3) is 0 Å². The summed E-state index contributed by atoms with van der Waals surface area (Å²) in [5.41, 5.74) is 6.21. The molecule has 0 unspecified atom stereocenters. The van der Waals surface area contributed by atoms with E-state index in [9.17, 15) is 0 Å². The maximum Gasteiger partial charge on any atom is 0.151 e. The van der Waals surface area contributed by atoms with Gasteiger partial charge in [0, 0.05) is 5.02 Å². The zero-order valence-electron chi connectivity index (χ0n) is 8.11. The fourth-order valence-electron chi connectivity index (χ4n) is 1.17. The first-order valence-corrected chi connectivity index (χ1v) is 5.20. The molecule has 0 amide bonds. The Morgan fingerprint density at radius 1 is 1.19 bits per heavy atom. The molecule has 0 spiro atoms. The molecule has 2 aromatic rings. The van der Waals surface area contributed by atoms with Crippen LogP contribution >= 0.6 is 23.2 Å². The van der Waals surface area contributed by atoms with Crippen LogP contribution in [-0.2, 0) is 0 Å². The Kier molecular flexibility index (Phi) is 3.12. The SMILES string of the molecule is Nc1cncc(Nc2ccc(Cl)cc2Cl)n1. The smallest absolute Gasteiger partial charge is 0.151 e. The number of nitrogens with zero attached hydrogens (tertiary/aromatic N) is 2. The van der Waals surface area contributed by atoms with Gasteiger partial charge in [0.05, 0.1) is 23.1 Å². The summed E-state index contributed by atoms with van der Waals surface area (Å²) in [6, 6.07) is 5.14. The second-order valence-electron chi connectivity index (χ2n) is 3.08. The minimum atomic E-state index is 0.343. The van der Waals surface area contributed by atoms with Crippen molar-refractivity contribution in [2.24, 2.45) is 0 Å². The van der Waals surface area contributed by atoms with Gasteiger partial charge in [-0.25, -0.2) is 4.98 Å². The van der Waals surface area contributed by atoms with E-state index in [2.05, 4.69) is 15.3 Å². The van der Waals surface area contributed by atoms with Crippen molar-refractivity contribution >= 4 is 40.5 Å². The highest BCUT2D eigenvalue weighted by molar-refractivity contribution is 6.36. The molecule has 0 aliphatic heterocycles. The number of nitrogens with one attached hydrogen (secondary N) is 1. The molecule has 0 bridgehead atoms. The van der Waals surface area contributed by atoms with E-state index in [-0.39, 0.29) is 0 Å². The van der Waals surface area contributed by atoms with Crippen LogP contribution in [0.5, 0.6) is 0 Å². The second kappa shape index (κ2) is 4.55. The first kappa shape index (κ1) is 11.0. The van der Waals surface area contributed by atoms with Crippen LogP contribution in [0.1, 0.15) is 0 Å². The number of halogens is 2. The normalized spacial score (nSPS) is 10.1. The highest BCUT2D eigenvalue weighted by Crippen LogP contribution is 2.27. The summed E-state index contributed by atoms with van der Waals surface area (Å²) in [7, 11) is 0. The van der Waals surface area contributed by atoms with Crippen molar-refractivity contribution in [1.82, 2.24) is 9.97 Å². The van der Waals surface area contributed by atoms with Crippen LogP contribution in [0.15, 0.2) is 30.6 Å². The summed E-state index contributed by atoms with van der Waals surface area (Å²) < 4.78 is 0. The summed E-state index contributed by atoms with van der Waals surface area (Å²) in [6.07, 6.45) is 3.02. The van der Waals surface area contributed by atoms with Gasteiger partial charge in [-0.15, -0.1) is 0 Å². The van der Waals surface area contributed by atoms with E-state index in [0.29, 0.717) is 27.4 Å². The number of hydrogen-bond acceptors (Lipinski definition) is 4. The van der Waals surface area contributed by atoms with Gasteiger partial charge in [0.25, 0.3) is 0 Å². The summed E-state index contributed by atoms with van der Waals surface area (Å²) >= 11 is 11.8. The molecule has 4 nitrogen and oxygen atoms in total. The van der Waals surface area contributed by atoms with Gasteiger partial charge in [-0.05, 0) is 18.2 Å². The molecule has 82 valence electrons. The Hall–Kier alpha value is -1.52. The van der Waals surface area contributed by atoms with Crippen LogP contribution < -0.4 is 11.1 Å². The maximum absolute atomic E-state index is 5.99. The third kappa shape index (κ3) is 2.53. The van der Waals surface area contributed by atoms with E-state index in [1.54, 1.807) is 24.4 Å². The molecule has 0 aliphatic carbocycles. The molecule has 1 heterocycles. The summed E-state index contributed by atoms with van der Waals surface area (Å²) in [5.74, 6) is 0.874. The topological polar surface area (TPSA) is 63.8 Å². The van der Waals surface area contributed by atoms with Gasteiger partial charge in [-0.2, -0.15) is 0 Å². The molecule has 1 aromatic carbocycles. The van der Waals surface area contributed by atoms with Gasteiger partial charge in [0.2, 0.25) is 0 Å². The largest absolute Gasteiger partial charge is 0.382 e. The first-order chi connectivity index (χ1) is 7.65. The van der Waals surface area contributed by atoms with Crippen molar-refractivity contribution in [3.63, 3.8) is 0 Å². The third-order valence-corrected chi connectivity index (χ3v) is 2.39. The van der Waals surface area contributed by atoms with E-state index in [1.807, 2.05) is 0 Å². The minimum absolute atomic E-state index is 0.343. The Labute approximate surface area is 102 Å². The minimum Gasteiger partial charge on any atom is -0.382 e. The number of aromatic nitrogens is 2. The van der Waals surface area contributed by atoms with Gasteiger partial charge in [-0.3, -0.25) is 4.98 Å². The molecule has 0 saturated heterocycles. The molecule has 0 atom stereocenters. The van der Waals surface area contributed by atoms with Crippen LogP contribution in [0.2, 0.25) is 10.0 Å². The van der Waals surface area contributed by atoms with E-state index in [0.717, 1.165) is 0 Å². The molecule has 2 rings (SSSR count). The number of hydrogen-bond donors (Lipinski definition) is 2. The Morgan fingerprint density at radius 3 is 2.69 bits per heavy atom. The standard InChI is InChI=1S/C10H8Cl2N4/c11-6-1-2-8(7(12)3-6)15-10-5-14-4-9(13)16-10/h1-5H,(H3,13,15,16). The molecular weight excluding hydrogens is 247 g/mol. The van der Waals surface area contributed by atoms with Crippen LogP contribution in [-0.4, -0.2) is 9.97 Å². The lowest BCUT2D eigenvalue weighted by Gasteiger charge is -2.07. The third-order valence-electron chi connectivity index (χ3n) is 1.85. The van der Waals surface area contributed by atoms with Crippen LogP contribution in [0.3, 0.4) is 0 Å². The number of rotatable bonds is 2. The average Bonchev–Trinajstić information content (AvgIpc) is 2.22. The van der Waals surface area contributed by atoms with Gasteiger partial charge in [0.15, 0.2) is 5.82 Å². The molecule has 16 heavy (non-hydrogen) atoms. The fourth-order valence-corrected chi connectivity index (χ4v) is 1.63. The summed E-state index contributed by atoms with van der Waals surface area (Å²) in [6.45, 7) is 0. The number of nitrogen functional groups attached to an aromatic ring is 1. The van der Waals surface area contributed by atoms with E-state index in [4.69, 9.17) is 28.9 Å². The van der Waals surface area contributed by atoms with Gasteiger partial charge in [-0.1, -0.05) is 23.2 Å². The molecule has 0 fully saturated rings. The van der Waals surface area contributed by atoms with Crippen molar-refractivity contribution in [2.45, 2.75) is 0 Å². The quantitative estimate of drug-likeness (QED) is 0.865. The molecular formula is C10H8Cl2N4. The van der Waals surface area contributed by atoms with Crippen molar-refractivity contribution in [3.05, 3.63) is 40.6 Å². The van der Waals surface area contributed by atoms with Crippen LogP contribution in [0.4, 0.5) is 17.3 Å². The first-order valence-electron chi connectivity index (χ1n) is 4.45. The average molecular weight is 255 g/mol. The van der Waals surface area contributed by atoms with Gasteiger partial charge >= 0.3 is 0 Å². The lowest BCUT2D eigenvalue weighted by Crippen LogP contribution is -1.98. The lowest BCUT2D eigenvalue weighted by atomic mass is 10.3. The van der Waals surface area contributed by atoms with E-state index < -0.39 is 0 Å². The maximum atomic E-state index is 5.99. The summed E-state index contributed by atoms with van der Waals surface area (Å²) in [4.78, 5) is 7.95. The van der Waals surface area contributed by atoms with Crippen molar-refractivity contribution in [3.8, 4) is 0 Å². The highest BCUT2D eigenvalue weighted by Gasteiger charge is 2.02. The van der Waals surface area contributed by atoms with E-state index in [1.165, 1.54) is 6.20 Å². The van der Waals surface area contributed by atoms with Crippen molar-refractivity contribution in [1.29, 1.82) is 0 Å². The molecule has 3 N–H and O–H groups in total. The molecule has 1 aromatic heterocycles. The number of anilines is 3. The molecule has 0 aliphatic rings. The Morgan fingerprint density at radius 2 is 2.00 bits per heavy atom. The fraction of sp³-hybridized carbons (Fsp3) is 0. The van der Waals surface area contributed by atoms with Gasteiger partial charge < -0.3 is 11.1 Å². The predicted octanol–water partition coefficient (Wildman–Crippen LogP) is 3.11. The zero-order chi connectivity index (χ0) is 11.5. The van der Waals surface area contributed by atoms with Gasteiger partial charge in [0.1, 0.15) is 5.82 Å². The number of nitrogens with two attached hydrogens (primary N) is 1.